The summed E-state index contributed by atoms with van der Waals surface area (Å²) in [6.45, 7) is 4.41. The summed E-state index contributed by atoms with van der Waals surface area (Å²) >= 11 is 0. The van der Waals surface area contributed by atoms with Gasteiger partial charge in [-0.25, -0.2) is 0 Å². The molecule has 0 bridgehead atoms. The number of ether oxygens (including phenoxy) is 1. The molecule has 1 rings (SSSR count). The van der Waals surface area contributed by atoms with E-state index in [2.05, 4.69) is 26.0 Å². The molecule has 0 saturated heterocycles. The number of hydrogen-bond donors (Lipinski definition) is 1. The van der Waals surface area contributed by atoms with E-state index in [4.69, 9.17) is 10.5 Å². The van der Waals surface area contributed by atoms with Crippen molar-refractivity contribution in [3.05, 3.63) is 29.8 Å². The second kappa shape index (κ2) is 6.54. The highest BCUT2D eigenvalue weighted by molar-refractivity contribution is 5.27. The first-order valence-electron chi connectivity index (χ1n) is 6.05. The molecule has 0 aliphatic rings. The number of nitrogens with two attached hydrogens (primary N) is 1. The highest BCUT2D eigenvalue weighted by Crippen LogP contribution is 2.17. The second-order valence-corrected chi connectivity index (χ2v) is 4.48. The Balaban J connectivity index is 2.52. The quantitative estimate of drug-likeness (QED) is 0.801. The van der Waals surface area contributed by atoms with Crippen molar-refractivity contribution < 1.29 is 4.74 Å². The summed E-state index contributed by atoms with van der Waals surface area (Å²) in [7, 11) is 1.69. The van der Waals surface area contributed by atoms with Crippen molar-refractivity contribution in [2.75, 3.05) is 7.11 Å². The van der Waals surface area contributed by atoms with Gasteiger partial charge in [-0.3, -0.25) is 0 Å². The van der Waals surface area contributed by atoms with Crippen molar-refractivity contribution in [2.24, 2.45) is 11.7 Å². The van der Waals surface area contributed by atoms with E-state index in [1.54, 1.807) is 7.11 Å². The Morgan fingerprint density at radius 1 is 1.25 bits per heavy atom. The SMILES string of the molecule is CCCC(N)C(C)Cc1ccc(OC)cc1. The lowest BCUT2D eigenvalue weighted by Crippen LogP contribution is -2.29. The van der Waals surface area contributed by atoms with Crippen LogP contribution in [0.4, 0.5) is 0 Å². The molecule has 2 nitrogen and oxygen atoms in total. The highest BCUT2D eigenvalue weighted by atomic mass is 16.5. The van der Waals surface area contributed by atoms with E-state index in [1.807, 2.05) is 12.1 Å². The van der Waals surface area contributed by atoms with Gasteiger partial charge >= 0.3 is 0 Å². The van der Waals surface area contributed by atoms with Crippen molar-refractivity contribution >= 4 is 0 Å². The van der Waals surface area contributed by atoms with Gasteiger partial charge in [0.2, 0.25) is 0 Å². The smallest absolute Gasteiger partial charge is 0.118 e. The van der Waals surface area contributed by atoms with Crippen molar-refractivity contribution in [1.29, 1.82) is 0 Å². The van der Waals surface area contributed by atoms with E-state index in [9.17, 15) is 0 Å². The molecule has 1 aromatic rings. The average molecular weight is 221 g/mol. The summed E-state index contributed by atoms with van der Waals surface area (Å²) in [5.41, 5.74) is 7.44. The molecule has 16 heavy (non-hydrogen) atoms. The van der Waals surface area contributed by atoms with Crippen LogP contribution in [0.2, 0.25) is 0 Å². The predicted octanol–water partition coefficient (Wildman–Crippen LogP) is 3.00. The van der Waals surface area contributed by atoms with Gasteiger partial charge in [-0.15, -0.1) is 0 Å². The molecule has 1 aromatic carbocycles. The van der Waals surface area contributed by atoms with Gasteiger partial charge < -0.3 is 10.5 Å². The largest absolute Gasteiger partial charge is 0.497 e. The summed E-state index contributed by atoms with van der Waals surface area (Å²) in [6, 6.07) is 8.56. The summed E-state index contributed by atoms with van der Waals surface area (Å²) in [5, 5.41) is 0. The standard InChI is InChI=1S/C14H23NO/c1-4-5-14(15)11(2)10-12-6-8-13(16-3)9-7-12/h6-9,11,14H,4-5,10,15H2,1-3H3. The van der Waals surface area contributed by atoms with Crippen LogP contribution in [0, 0.1) is 5.92 Å². The van der Waals surface area contributed by atoms with Crippen LogP contribution >= 0.6 is 0 Å². The number of hydrogen-bond acceptors (Lipinski definition) is 2. The number of methoxy groups -OCH3 is 1. The van der Waals surface area contributed by atoms with Gasteiger partial charge in [0, 0.05) is 6.04 Å². The zero-order chi connectivity index (χ0) is 12.0. The molecule has 0 fully saturated rings. The molecule has 0 radical (unpaired) electrons. The Bertz CT molecular complexity index is 294. The molecule has 90 valence electrons. The van der Waals surface area contributed by atoms with E-state index < -0.39 is 0 Å². The molecule has 0 spiro atoms. The molecule has 0 aliphatic heterocycles. The molecular formula is C14H23NO. The second-order valence-electron chi connectivity index (χ2n) is 4.48. The van der Waals surface area contributed by atoms with E-state index in [0.29, 0.717) is 12.0 Å². The average Bonchev–Trinajstić information content (AvgIpc) is 2.30. The summed E-state index contributed by atoms with van der Waals surface area (Å²) in [5.74, 6) is 1.45. The third-order valence-electron chi connectivity index (χ3n) is 3.07. The van der Waals surface area contributed by atoms with Crippen LogP contribution < -0.4 is 10.5 Å². The normalized spacial score (nSPS) is 14.5. The van der Waals surface area contributed by atoms with Crippen molar-refractivity contribution in [2.45, 2.75) is 39.2 Å². The number of benzene rings is 1. The predicted molar refractivity (Wildman–Crippen MR) is 68.7 cm³/mol. The van der Waals surface area contributed by atoms with Gasteiger partial charge in [-0.1, -0.05) is 32.4 Å². The van der Waals surface area contributed by atoms with E-state index in [-0.39, 0.29) is 0 Å². The third kappa shape index (κ3) is 3.86. The highest BCUT2D eigenvalue weighted by Gasteiger charge is 2.12. The fourth-order valence-electron chi connectivity index (χ4n) is 1.90. The lowest BCUT2D eigenvalue weighted by atomic mass is 9.92. The Kier molecular flexibility index (Phi) is 5.33. The third-order valence-corrected chi connectivity index (χ3v) is 3.07. The molecule has 0 amide bonds. The van der Waals surface area contributed by atoms with Gasteiger partial charge in [-0.2, -0.15) is 0 Å². The van der Waals surface area contributed by atoms with Crippen LogP contribution in [-0.4, -0.2) is 13.2 Å². The van der Waals surface area contributed by atoms with Crippen molar-refractivity contribution in [3.8, 4) is 5.75 Å². The van der Waals surface area contributed by atoms with Crippen LogP contribution in [0.25, 0.3) is 0 Å². The zero-order valence-corrected chi connectivity index (χ0v) is 10.6. The Morgan fingerprint density at radius 3 is 2.38 bits per heavy atom. The van der Waals surface area contributed by atoms with Gasteiger partial charge in [0.05, 0.1) is 7.11 Å². The van der Waals surface area contributed by atoms with Crippen LogP contribution in [0.3, 0.4) is 0 Å². The van der Waals surface area contributed by atoms with Crippen LogP contribution in [0.15, 0.2) is 24.3 Å². The minimum Gasteiger partial charge on any atom is -0.497 e. The molecule has 0 aromatic heterocycles. The minimum atomic E-state index is 0.312. The van der Waals surface area contributed by atoms with Crippen molar-refractivity contribution in [3.63, 3.8) is 0 Å². The maximum atomic E-state index is 6.11. The summed E-state index contributed by atoms with van der Waals surface area (Å²) < 4.78 is 5.14. The summed E-state index contributed by atoms with van der Waals surface area (Å²) in [6.07, 6.45) is 3.32. The lowest BCUT2D eigenvalue weighted by Gasteiger charge is -2.19. The van der Waals surface area contributed by atoms with E-state index in [0.717, 1.165) is 25.0 Å². The van der Waals surface area contributed by atoms with Crippen molar-refractivity contribution in [1.82, 2.24) is 0 Å². The monoisotopic (exact) mass is 221 g/mol. The Morgan fingerprint density at radius 2 is 1.88 bits per heavy atom. The topological polar surface area (TPSA) is 35.2 Å². The maximum absolute atomic E-state index is 6.11. The van der Waals surface area contributed by atoms with Crippen LogP contribution in [0.1, 0.15) is 32.3 Å². The molecule has 0 saturated carbocycles. The molecular weight excluding hydrogens is 198 g/mol. The molecule has 2 atom stereocenters. The van der Waals surface area contributed by atoms with Gasteiger partial charge in [0.15, 0.2) is 0 Å². The zero-order valence-electron chi connectivity index (χ0n) is 10.6. The van der Waals surface area contributed by atoms with Crippen LogP contribution in [0.5, 0.6) is 5.75 Å². The fourth-order valence-corrected chi connectivity index (χ4v) is 1.90. The lowest BCUT2D eigenvalue weighted by molar-refractivity contribution is 0.413. The van der Waals surface area contributed by atoms with Crippen LogP contribution in [-0.2, 0) is 6.42 Å². The number of rotatable bonds is 6. The maximum Gasteiger partial charge on any atom is 0.118 e. The molecule has 2 heteroatoms. The first-order chi connectivity index (χ1) is 7.67. The van der Waals surface area contributed by atoms with Gasteiger partial charge in [0.1, 0.15) is 5.75 Å². The van der Waals surface area contributed by atoms with E-state index >= 15 is 0 Å². The summed E-state index contributed by atoms with van der Waals surface area (Å²) in [4.78, 5) is 0. The molecule has 2 unspecified atom stereocenters. The molecule has 0 aliphatic carbocycles. The van der Waals surface area contributed by atoms with E-state index in [1.165, 1.54) is 5.56 Å². The first-order valence-corrected chi connectivity index (χ1v) is 6.05. The minimum absolute atomic E-state index is 0.312. The van der Waals surface area contributed by atoms with Gasteiger partial charge in [-0.05, 0) is 36.5 Å². The Hall–Kier alpha value is -1.02. The van der Waals surface area contributed by atoms with Gasteiger partial charge in [0.25, 0.3) is 0 Å². The first kappa shape index (κ1) is 13.0. The molecule has 2 N–H and O–H groups in total. The molecule has 0 heterocycles. The Labute approximate surface area is 98.8 Å². The fraction of sp³-hybridized carbons (Fsp3) is 0.571.